The predicted molar refractivity (Wildman–Crippen MR) is 71.5 cm³/mol. The Balaban J connectivity index is 2.14. The van der Waals surface area contributed by atoms with Crippen molar-refractivity contribution in [1.29, 1.82) is 0 Å². The molecule has 1 fully saturated rings. The predicted octanol–water partition coefficient (Wildman–Crippen LogP) is 2.52. The van der Waals surface area contributed by atoms with Crippen LogP contribution in [0.1, 0.15) is 24.8 Å². The number of pyridine rings is 1. The summed E-state index contributed by atoms with van der Waals surface area (Å²) in [4.78, 5) is 7.74. The van der Waals surface area contributed by atoms with Crippen LogP contribution in [0.5, 0.6) is 0 Å². The Bertz CT molecular complexity index is 592. The van der Waals surface area contributed by atoms with Crippen molar-refractivity contribution in [3.8, 4) is 0 Å². The third kappa shape index (κ3) is 1.84. The zero-order valence-electron chi connectivity index (χ0n) is 9.94. The number of nitrogens with one attached hydrogen (secondary N) is 1. The maximum atomic E-state index is 5.40. The van der Waals surface area contributed by atoms with Gasteiger partial charge >= 0.3 is 0 Å². The van der Waals surface area contributed by atoms with E-state index in [0.29, 0.717) is 0 Å². The van der Waals surface area contributed by atoms with Crippen LogP contribution in [0, 0.1) is 11.7 Å². The number of nitrogens with zero attached hydrogens (tertiary/aromatic N) is 3. The second-order valence-electron chi connectivity index (χ2n) is 4.64. The number of piperidine rings is 1. The van der Waals surface area contributed by atoms with E-state index in [0.717, 1.165) is 34.6 Å². The Hall–Kier alpha value is -1.36. The SMILES string of the molecule is Cc1cnc2c(c1)[nH]c(=S)n2N1CCCCC1. The summed E-state index contributed by atoms with van der Waals surface area (Å²) in [6.07, 6.45) is 5.69. The van der Waals surface area contributed by atoms with Crippen molar-refractivity contribution >= 4 is 23.4 Å². The topological polar surface area (TPSA) is 36.9 Å². The minimum Gasteiger partial charge on any atom is -0.328 e. The number of aryl methyl sites for hydroxylation is 1. The van der Waals surface area contributed by atoms with E-state index in [2.05, 4.69) is 25.7 Å². The molecule has 17 heavy (non-hydrogen) atoms. The lowest BCUT2D eigenvalue weighted by atomic mass is 10.2. The van der Waals surface area contributed by atoms with E-state index in [4.69, 9.17) is 12.2 Å². The zero-order chi connectivity index (χ0) is 11.8. The summed E-state index contributed by atoms with van der Waals surface area (Å²) in [5, 5.41) is 2.30. The average molecular weight is 248 g/mol. The van der Waals surface area contributed by atoms with Gasteiger partial charge in [0.25, 0.3) is 0 Å². The Labute approximate surface area is 105 Å². The molecule has 0 aliphatic carbocycles. The molecule has 1 aliphatic rings. The molecule has 0 radical (unpaired) electrons. The fourth-order valence-corrected chi connectivity index (χ4v) is 2.74. The van der Waals surface area contributed by atoms with Gasteiger partial charge < -0.3 is 9.99 Å². The van der Waals surface area contributed by atoms with Crippen molar-refractivity contribution in [2.75, 3.05) is 18.1 Å². The van der Waals surface area contributed by atoms with Crippen molar-refractivity contribution < 1.29 is 0 Å². The Morgan fingerprint density at radius 2 is 2.06 bits per heavy atom. The molecule has 4 nitrogen and oxygen atoms in total. The number of rotatable bonds is 1. The van der Waals surface area contributed by atoms with Crippen molar-refractivity contribution in [2.24, 2.45) is 0 Å². The van der Waals surface area contributed by atoms with Crippen LogP contribution in [0.4, 0.5) is 0 Å². The third-order valence-corrected chi connectivity index (χ3v) is 3.53. The normalized spacial score (nSPS) is 16.6. The molecule has 0 spiro atoms. The molecule has 0 amide bonds. The van der Waals surface area contributed by atoms with E-state index in [1.54, 1.807) is 0 Å². The number of aromatic nitrogens is 3. The van der Waals surface area contributed by atoms with Crippen LogP contribution in [-0.2, 0) is 0 Å². The summed E-state index contributed by atoms with van der Waals surface area (Å²) >= 11 is 5.40. The number of hydrogen-bond acceptors (Lipinski definition) is 3. The van der Waals surface area contributed by atoms with Crippen LogP contribution in [-0.4, -0.2) is 27.7 Å². The molecule has 0 atom stereocenters. The minimum absolute atomic E-state index is 0.750. The molecule has 2 aromatic rings. The number of imidazole rings is 1. The lowest BCUT2D eigenvalue weighted by Crippen LogP contribution is -2.39. The first-order chi connectivity index (χ1) is 8.25. The molecule has 0 bridgehead atoms. The van der Waals surface area contributed by atoms with Crippen LogP contribution in [0.2, 0.25) is 0 Å². The maximum absolute atomic E-state index is 5.40. The Morgan fingerprint density at radius 3 is 2.82 bits per heavy atom. The van der Waals surface area contributed by atoms with Gasteiger partial charge in [-0.2, -0.15) is 0 Å². The van der Waals surface area contributed by atoms with Crippen LogP contribution >= 0.6 is 12.2 Å². The van der Waals surface area contributed by atoms with E-state index in [1.807, 2.05) is 13.1 Å². The van der Waals surface area contributed by atoms with Crippen molar-refractivity contribution in [3.05, 3.63) is 22.6 Å². The summed E-state index contributed by atoms with van der Waals surface area (Å²) in [6, 6.07) is 2.10. The molecule has 0 unspecified atom stereocenters. The largest absolute Gasteiger partial charge is 0.328 e. The van der Waals surface area contributed by atoms with Crippen LogP contribution in [0.25, 0.3) is 11.2 Å². The highest BCUT2D eigenvalue weighted by molar-refractivity contribution is 7.71. The number of H-pyrrole nitrogens is 1. The van der Waals surface area contributed by atoms with E-state index in [-0.39, 0.29) is 0 Å². The molecular formula is C12H16N4S. The van der Waals surface area contributed by atoms with Gasteiger partial charge in [-0.05, 0) is 50.0 Å². The molecule has 3 rings (SSSR count). The molecule has 3 heterocycles. The first-order valence-electron chi connectivity index (χ1n) is 6.08. The highest BCUT2D eigenvalue weighted by Crippen LogP contribution is 2.16. The summed E-state index contributed by atoms with van der Waals surface area (Å²) < 4.78 is 2.81. The second kappa shape index (κ2) is 4.14. The van der Waals surface area contributed by atoms with Crippen molar-refractivity contribution in [2.45, 2.75) is 26.2 Å². The van der Waals surface area contributed by atoms with Crippen LogP contribution < -0.4 is 5.01 Å². The van der Waals surface area contributed by atoms with Gasteiger partial charge in [0.15, 0.2) is 10.4 Å². The number of hydrogen-bond donors (Lipinski definition) is 1. The summed E-state index contributed by atoms with van der Waals surface area (Å²) in [5.74, 6) is 0. The molecule has 1 N–H and O–H groups in total. The summed E-state index contributed by atoms with van der Waals surface area (Å²) in [5.41, 5.74) is 3.13. The minimum atomic E-state index is 0.750. The summed E-state index contributed by atoms with van der Waals surface area (Å²) in [6.45, 7) is 4.18. The second-order valence-corrected chi connectivity index (χ2v) is 5.03. The highest BCUT2D eigenvalue weighted by Gasteiger charge is 2.15. The Morgan fingerprint density at radius 1 is 1.29 bits per heavy atom. The molecule has 2 aromatic heterocycles. The van der Waals surface area contributed by atoms with Gasteiger partial charge in [0.2, 0.25) is 0 Å². The van der Waals surface area contributed by atoms with Gasteiger partial charge in [0.05, 0.1) is 5.52 Å². The number of fused-ring (bicyclic) bond motifs is 1. The average Bonchev–Trinajstić information content (AvgIpc) is 2.65. The lowest BCUT2D eigenvalue weighted by molar-refractivity contribution is 0.481. The van der Waals surface area contributed by atoms with E-state index in [1.165, 1.54) is 19.3 Å². The zero-order valence-corrected chi connectivity index (χ0v) is 10.8. The lowest BCUT2D eigenvalue weighted by Gasteiger charge is -2.29. The van der Waals surface area contributed by atoms with Crippen molar-refractivity contribution in [1.82, 2.24) is 14.6 Å². The molecule has 90 valence electrons. The van der Waals surface area contributed by atoms with Gasteiger partial charge in [0.1, 0.15) is 0 Å². The Kier molecular flexibility index (Phi) is 2.63. The van der Waals surface area contributed by atoms with Gasteiger partial charge in [-0.25, -0.2) is 9.66 Å². The molecule has 5 heteroatoms. The van der Waals surface area contributed by atoms with Crippen LogP contribution in [0.15, 0.2) is 12.3 Å². The van der Waals surface area contributed by atoms with E-state index in [9.17, 15) is 0 Å². The fourth-order valence-electron chi connectivity index (χ4n) is 2.43. The van der Waals surface area contributed by atoms with E-state index >= 15 is 0 Å². The fraction of sp³-hybridized carbons (Fsp3) is 0.500. The number of aromatic amines is 1. The molecule has 0 aromatic carbocycles. The van der Waals surface area contributed by atoms with E-state index < -0.39 is 0 Å². The quantitative estimate of drug-likeness (QED) is 0.788. The van der Waals surface area contributed by atoms with Gasteiger partial charge in [0, 0.05) is 19.3 Å². The molecule has 1 aliphatic heterocycles. The first-order valence-corrected chi connectivity index (χ1v) is 6.49. The molecule has 0 saturated carbocycles. The van der Waals surface area contributed by atoms with Gasteiger partial charge in [-0.15, -0.1) is 0 Å². The standard InChI is InChI=1S/C12H16N4S/c1-9-7-10-11(13-8-9)16(12(17)14-10)15-5-3-2-4-6-15/h7-8H,2-6H2,1H3,(H,14,17). The maximum Gasteiger partial charge on any atom is 0.198 e. The van der Waals surface area contributed by atoms with Gasteiger partial charge in [-0.1, -0.05) is 0 Å². The summed E-state index contributed by atoms with van der Waals surface area (Å²) in [7, 11) is 0. The van der Waals surface area contributed by atoms with Crippen molar-refractivity contribution in [3.63, 3.8) is 0 Å². The van der Waals surface area contributed by atoms with Gasteiger partial charge in [-0.3, -0.25) is 0 Å². The smallest absolute Gasteiger partial charge is 0.198 e. The molecular weight excluding hydrogens is 232 g/mol. The third-order valence-electron chi connectivity index (χ3n) is 3.25. The monoisotopic (exact) mass is 248 g/mol. The van der Waals surface area contributed by atoms with Crippen LogP contribution in [0.3, 0.4) is 0 Å². The first kappa shape index (κ1) is 10.8. The molecule has 1 saturated heterocycles. The highest BCUT2D eigenvalue weighted by atomic mass is 32.1.